The van der Waals surface area contributed by atoms with Crippen molar-refractivity contribution < 1.29 is 14.6 Å². The number of fused-ring (bicyclic) bond motifs is 1. The third-order valence-electron chi connectivity index (χ3n) is 6.51. The molecule has 1 aliphatic rings. The van der Waals surface area contributed by atoms with Gasteiger partial charge in [-0.2, -0.15) is 5.10 Å². The van der Waals surface area contributed by atoms with Crippen molar-refractivity contribution in [3.63, 3.8) is 0 Å². The molecule has 1 saturated heterocycles. The number of nitrogens with zero attached hydrogens (tertiary/aromatic N) is 4. The summed E-state index contributed by atoms with van der Waals surface area (Å²) in [5, 5.41) is 15.4. The molecule has 0 atom stereocenters. The van der Waals surface area contributed by atoms with Gasteiger partial charge < -0.3 is 14.7 Å². The lowest BCUT2D eigenvalue weighted by Gasteiger charge is -2.38. The Balaban J connectivity index is 1.30. The first-order valence-electron chi connectivity index (χ1n) is 11.3. The number of ether oxygens (including phenoxy) is 1. The van der Waals surface area contributed by atoms with Gasteiger partial charge in [0.2, 0.25) is 0 Å². The zero-order valence-electron chi connectivity index (χ0n) is 18.9. The molecule has 5 rings (SSSR count). The highest BCUT2D eigenvalue weighted by atomic mass is 16.5. The third kappa shape index (κ3) is 4.08. The van der Waals surface area contributed by atoms with Crippen LogP contribution in [0.1, 0.15) is 23.2 Å². The minimum Gasteiger partial charge on any atom is -0.496 e. The maximum absolute atomic E-state index is 13.3. The molecule has 1 fully saturated rings. The summed E-state index contributed by atoms with van der Waals surface area (Å²) in [6, 6.07) is 19.0. The molecular formula is C26H26N4O4. The first-order chi connectivity index (χ1) is 16.5. The van der Waals surface area contributed by atoms with Gasteiger partial charge in [-0.3, -0.25) is 14.2 Å². The van der Waals surface area contributed by atoms with Gasteiger partial charge in [-0.05, 0) is 48.2 Å². The van der Waals surface area contributed by atoms with Gasteiger partial charge in [0.05, 0.1) is 24.8 Å². The van der Waals surface area contributed by atoms with E-state index in [-0.39, 0.29) is 18.0 Å². The topological polar surface area (TPSA) is 89.1 Å². The number of methoxy groups -OCH3 is 1. The average Bonchev–Trinajstić information content (AvgIpc) is 3.36. The predicted octanol–water partition coefficient (Wildman–Crippen LogP) is 2.84. The van der Waals surface area contributed by atoms with Gasteiger partial charge in [-0.15, -0.1) is 0 Å². The van der Waals surface area contributed by atoms with Crippen LogP contribution in [0.25, 0.3) is 16.6 Å². The summed E-state index contributed by atoms with van der Waals surface area (Å²) in [6.07, 6.45) is 3.88. The summed E-state index contributed by atoms with van der Waals surface area (Å²) in [6.45, 7) is 0.903. The van der Waals surface area contributed by atoms with Crippen LogP contribution in [0, 0.1) is 0 Å². The van der Waals surface area contributed by atoms with Crippen LogP contribution < -0.4 is 10.3 Å². The Labute approximate surface area is 196 Å². The number of aromatic nitrogens is 3. The molecule has 34 heavy (non-hydrogen) atoms. The quantitative estimate of drug-likeness (QED) is 0.497. The number of aliphatic hydroxyl groups is 1. The van der Waals surface area contributed by atoms with Gasteiger partial charge in [0.1, 0.15) is 17.6 Å². The fourth-order valence-electron chi connectivity index (χ4n) is 4.52. The van der Waals surface area contributed by atoms with Crippen molar-refractivity contribution >= 4 is 11.4 Å². The van der Waals surface area contributed by atoms with Crippen molar-refractivity contribution in [3.8, 4) is 16.9 Å². The van der Waals surface area contributed by atoms with Crippen molar-refractivity contribution in [3.05, 3.63) is 89.1 Å². The number of carbonyl (C=O) groups excluding carboxylic acids is 1. The highest BCUT2D eigenvalue weighted by Crippen LogP contribution is 2.30. The number of hydrogen-bond acceptors (Lipinski definition) is 5. The van der Waals surface area contributed by atoms with E-state index in [1.54, 1.807) is 36.4 Å². The molecule has 0 unspecified atom stereocenters. The number of benzene rings is 2. The normalized spacial score (nSPS) is 15.4. The fraction of sp³-hybridized carbons (Fsp3) is 0.269. The summed E-state index contributed by atoms with van der Waals surface area (Å²) in [4.78, 5) is 27.7. The Kier molecular flexibility index (Phi) is 5.67. The monoisotopic (exact) mass is 458 g/mol. The molecular weight excluding hydrogens is 432 g/mol. The first-order valence-corrected chi connectivity index (χ1v) is 11.3. The molecule has 174 valence electrons. The molecule has 2 aromatic heterocycles. The lowest BCUT2D eigenvalue weighted by Crippen LogP contribution is -2.49. The molecule has 0 aliphatic carbocycles. The van der Waals surface area contributed by atoms with Crippen LogP contribution in [0.4, 0.5) is 0 Å². The summed E-state index contributed by atoms with van der Waals surface area (Å²) >= 11 is 0. The number of piperidine rings is 1. The van der Waals surface area contributed by atoms with Crippen LogP contribution in [0.5, 0.6) is 5.75 Å². The van der Waals surface area contributed by atoms with Crippen LogP contribution in [-0.2, 0) is 6.54 Å². The third-order valence-corrected chi connectivity index (χ3v) is 6.51. The average molecular weight is 459 g/mol. The summed E-state index contributed by atoms with van der Waals surface area (Å²) < 4.78 is 8.49. The van der Waals surface area contributed by atoms with Crippen molar-refractivity contribution in [2.45, 2.75) is 25.0 Å². The second kappa shape index (κ2) is 8.79. The highest BCUT2D eigenvalue weighted by molar-refractivity contribution is 5.97. The van der Waals surface area contributed by atoms with Crippen molar-refractivity contribution in [2.75, 3.05) is 20.2 Å². The van der Waals surface area contributed by atoms with Crippen LogP contribution >= 0.6 is 0 Å². The van der Waals surface area contributed by atoms with E-state index in [0.29, 0.717) is 42.8 Å². The van der Waals surface area contributed by atoms with E-state index in [0.717, 1.165) is 11.1 Å². The maximum atomic E-state index is 13.3. The Hall–Kier alpha value is -3.91. The number of rotatable bonds is 5. The zero-order chi connectivity index (χ0) is 23.7. The second-order valence-corrected chi connectivity index (χ2v) is 8.70. The van der Waals surface area contributed by atoms with E-state index in [1.165, 1.54) is 15.4 Å². The van der Waals surface area contributed by atoms with E-state index in [1.807, 2.05) is 42.5 Å². The van der Waals surface area contributed by atoms with Crippen molar-refractivity contribution in [1.82, 2.24) is 19.1 Å². The van der Waals surface area contributed by atoms with E-state index < -0.39 is 5.60 Å². The second-order valence-electron chi connectivity index (χ2n) is 8.70. The number of amides is 1. The predicted molar refractivity (Wildman–Crippen MR) is 128 cm³/mol. The van der Waals surface area contributed by atoms with E-state index >= 15 is 0 Å². The highest BCUT2D eigenvalue weighted by Gasteiger charge is 2.35. The van der Waals surface area contributed by atoms with Crippen LogP contribution in [0.2, 0.25) is 0 Å². The Morgan fingerprint density at radius 1 is 1.06 bits per heavy atom. The largest absolute Gasteiger partial charge is 0.496 e. The molecule has 0 radical (unpaired) electrons. The van der Waals surface area contributed by atoms with E-state index in [9.17, 15) is 14.7 Å². The molecule has 0 saturated carbocycles. The molecule has 1 amide bonds. The Bertz CT molecular complexity index is 1380. The smallest absolute Gasteiger partial charge is 0.277 e. The van der Waals surface area contributed by atoms with Gasteiger partial charge in [-0.25, -0.2) is 4.52 Å². The van der Waals surface area contributed by atoms with Crippen LogP contribution in [0.3, 0.4) is 0 Å². The lowest BCUT2D eigenvalue weighted by molar-refractivity contribution is -0.0300. The Morgan fingerprint density at radius 3 is 2.56 bits per heavy atom. The van der Waals surface area contributed by atoms with Gasteiger partial charge in [0.15, 0.2) is 0 Å². The zero-order valence-corrected chi connectivity index (χ0v) is 18.9. The van der Waals surface area contributed by atoms with E-state index in [4.69, 9.17) is 4.74 Å². The fourth-order valence-corrected chi connectivity index (χ4v) is 4.52. The minimum absolute atomic E-state index is 0.132. The molecule has 8 nitrogen and oxygen atoms in total. The Morgan fingerprint density at radius 2 is 1.82 bits per heavy atom. The molecule has 2 aromatic carbocycles. The molecule has 8 heteroatoms. The number of likely N-dealkylation sites (tertiary alicyclic amines) is 1. The van der Waals surface area contributed by atoms with Crippen LogP contribution in [-0.4, -0.2) is 55.9 Å². The van der Waals surface area contributed by atoms with Crippen LogP contribution in [0.15, 0.2) is 78.0 Å². The van der Waals surface area contributed by atoms with Gasteiger partial charge >= 0.3 is 0 Å². The summed E-state index contributed by atoms with van der Waals surface area (Å²) in [5.41, 5.74) is 1.69. The van der Waals surface area contributed by atoms with Gasteiger partial charge in [0.25, 0.3) is 11.5 Å². The van der Waals surface area contributed by atoms with E-state index in [2.05, 4.69) is 5.10 Å². The molecule has 3 heterocycles. The standard InChI is InChI=1S/C26H26N4O4/c1-34-23-16-20(19-6-3-2-4-7-19)9-10-21(23)24(31)28-14-11-26(33,12-15-28)17-29-18-27-30-13-5-8-22(30)25(29)32/h2-10,13,16,18,33H,11-12,14-15,17H2,1H3. The summed E-state index contributed by atoms with van der Waals surface area (Å²) in [5.74, 6) is 0.386. The maximum Gasteiger partial charge on any atom is 0.277 e. The molecule has 0 bridgehead atoms. The molecule has 1 N–H and O–H groups in total. The lowest BCUT2D eigenvalue weighted by atomic mass is 9.90. The first kappa shape index (κ1) is 21.9. The SMILES string of the molecule is COc1cc(-c2ccccc2)ccc1C(=O)N1CCC(O)(Cn2cnn3cccc3c2=O)CC1. The van der Waals surface area contributed by atoms with Crippen molar-refractivity contribution in [1.29, 1.82) is 0 Å². The summed E-state index contributed by atoms with van der Waals surface area (Å²) in [7, 11) is 1.56. The number of carbonyl (C=O) groups is 1. The van der Waals surface area contributed by atoms with Gasteiger partial charge in [0, 0.05) is 19.3 Å². The number of hydrogen-bond donors (Lipinski definition) is 1. The minimum atomic E-state index is -1.09. The van der Waals surface area contributed by atoms with Gasteiger partial charge in [-0.1, -0.05) is 36.4 Å². The molecule has 4 aromatic rings. The molecule has 1 aliphatic heterocycles. The van der Waals surface area contributed by atoms with Crippen molar-refractivity contribution in [2.24, 2.45) is 0 Å². The molecule has 0 spiro atoms.